The molecule has 116 valence electrons. The Bertz CT molecular complexity index is 775. The van der Waals surface area contributed by atoms with Crippen molar-refractivity contribution in [2.75, 3.05) is 10.6 Å². The highest BCUT2D eigenvalue weighted by atomic mass is 35.5. The van der Waals surface area contributed by atoms with Gasteiger partial charge in [0, 0.05) is 28.7 Å². The highest BCUT2D eigenvalue weighted by Gasteiger charge is 2.03. The lowest BCUT2D eigenvalue weighted by Gasteiger charge is -2.10. The second kappa shape index (κ2) is 7.07. The van der Waals surface area contributed by atoms with E-state index >= 15 is 0 Å². The third-order valence-corrected chi connectivity index (χ3v) is 3.38. The molecule has 3 rings (SSSR count). The minimum Gasteiger partial charge on any atom is -0.364 e. The normalized spacial score (nSPS) is 10.3. The maximum Gasteiger partial charge on any atom is 0.229 e. The first-order valence-corrected chi connectivity index (χ1v) is 7.59. The van der Waals surface area contributed by atoms with E-state index in [0.717, 1.165) is 22.9 Å². The SMILES string of the molecule is Cc1cc(NCc2ccccn2)nc(Nc2ccc(Cl)cc2)n1. The van der Waals surface area contributed by atoms with Crippen molar-refractivity contribution in [1.82, 2.24) is 15.0 Å². The topological polar surface area (TPSA) is 62.7 Å². The summed E-state index contributed by atoms with van der Waals surface area (Å²) in [7, 11) is 0. The Morgan fingerprint density at radius 3 is 2.61 bits per heavy atom. The average Bonchev–Trinajstić information content (AvgIpc) is 2.56. The van der Waals surface area contributed by atoms with Crippen LogP contribution < -0.4 is 10.6 Å². The van der Waals surface area contributed by atoms with E-state index in [1.54, 1.807) is 6.20 Å². The smallest absolute Gasteiger partial charge is 0.229 e. The van der Waals surface area contributed by atoms with E-state index in [2.05, 4.69) is 25.6 Å². The molecule has 0 saturated heterocycles. The summed E-state index contributed by atoms with van der Waals surface area (Å²) in [6.07, 6.45) is 1.77. The number of hydrogen-bond acceptors (Lipinski definition) is 5. The van der Waals surface area contributed by atoms with Crippen molar-refractivity contribution in [3.8, 4) is 0 Å². The first kappa shape index (κ1) is 15.2. The summed E-state index contributed by atoms with van der Waals surface area (Å²) in [6.45, 7) is 2.54. The molecule has 5 nitrogen and oxygen atoms in total. The summed E-state index contributed by atoms with van der Waals surface area (Å²) >= 11 is 5.89. The predicted molar refractivity (Wildman–Crippen MR) is 93.1 cm³/mol. The van der Waals surface area contributed by atoms with E-state index in [4.69, 9.17) is 11.6 Å². The third-order valence-electron chi connectivity index (χ3n) is 3.13. The Kier molecular flexibility index (Phi) is 4.68. The summed E-state index contributed by atoms with van der Waals surface area (Å²) in [5.41, 5.74) is 2.71. The van der Waals surface area contributed by atoms with Crippen LogP contribution in [0.2, 0.25) is 5.02 Å². The summed E-state index contributed by atoms with van der Waals surface area (Å²) in [6, 6.07) is 15.1. The van der Waals surface area contributed by atoms with Crippen molar-refractivity contribution in [1.29, 1.82) is 0 Å². The lowest BCUT2D eigenvalue weighted by molar-refractivity contribution is 1.01. The zero-order chi connectivity index (χ0) is 16.1. The number of nitrogens with zero attached hydrogens (tertiary/aromatic N) is 3. The second-order valence-corrected chi connectivity index (χ2v) is 5.46. The van der Waals surface area contributed by atoms with E-state index in [1.807, 2.05) is 55.5 Å². The minimum absolute atomic E-state index is 0.538. The highest BCUT2D eigenvalue weighted by Crippen LogP contribution is 2.18. The number of pyridine rings is 1. The van der Waals surface area contributed by atoms with Crippen LogP contribution in [0.5, 0.6) is 0 Å². The fraction of sp³-hybridized carbons (Fsp3) is 0.118. The van der Waals surface area contributed by atoms with E-state index in [0.29, 0.717) is 17.5 Å². The maximum atomic E-state index is 5.89. The van der Waals surface area contributed by atoms with Gasteiger partial charge in [0.1, 0.15) is 5.82 Å². The summed E-state index contributed by atoms with van der Waals surface area (Å²) < 4.78 is 0. The van der Waals surface area contributed by atoms with Crippen LogP contribution in [0.3, 0.4) is 0 Å². The van der Waals surface area contributed by atoms with E-state index in [1.165, 1.54) is 0 Å². The molecule has 2 heterocycles. The van der Waals surface area contributed by atoms with E-state index < -0.39 is 0 Å². The molecule has 0 unspecified atom stereocenters. The Balaban J connectivity index is 1.72. The zero-order valence-electron chi connectivity index (χ0n) is 12.6. The van der Waals surface area contributed by atoms with Crippen molar-refractivity contribution in [2.24, 2.45) is 0 Å². The molecule has 23 heavy (non-hydrogen) atoms. The minimum atomic E-state index is 0.538. The number of nitrogens with one attached hydrogen (secondary N) is 2. The molecule has 0 radical (unpaired) electrons. The summed E-state index contributed by atoms with van der Waals surface area (Å²) in [4.78, 5) is 13.1. The van der Waals surface area contributed by atoms with Gasteiger partial charge in [-0.15, -0.1) is 0 Å². The van der Waals surface area contributed by atoms with Crippen molar-refractivity contribution in [2.45, 2.75) is 13.5 Å². The van der Waals surface area contributed by atoms with Crippen molar-refractivity contribution in [3.05, 3.63) is 71.1 Å². The molecule has 3 aromatic rings. The monoisotopic (exact) mass is 325 g/mol. The average molecular weight is 326 g/mol. The molecule has 2 N–H and O–H groups in total. The van der Waals surface area contributed by atoms with E-state index in [9.17, 15) is 0 Å². The summed E-state index contributed by atoms with van der Waals surface area (Å²) in [5.74, 6) is 1.29. The number of anilines is 3. The molecule has 0 spiro atoms. The molecular weight excluding hydrogens is 310 g/mol. The van der Waals surface area contributed by atoms with Gasteiger partial charge in [-0.2, -0.15) is 4.98 Å². The zero-order valence-corrected chi connectivity index (χ0v) is 13.4. The van der Waals surface area contributed by atoms with E-state index in [-0.39, 0.29) is 0 Å². The molecular formula is C17H16ClN5. The van der Waals surface area contributed by atoms with Crippen LogP contribution in [0.15, 0.2) is 54.7 Å². The van der Waals surface area contributed by atoms with Crippen LogP contribution in [0.4, 0.5) is 17.5 Å². The molecule has 0 aliphatic rings. The maximum absolute atomic E-state index is 5.89. The van der Waals surface area contributed by atoms with Crippen LogP contribution >= 0.6 is 11.6 Å². The Morgan fingerprint density at radius 1 is 1.04 bits per heavy atom. The van der Waals surface area contributed by atoms with Crippen LogP contribution in [-0.4, -0.2) is 15.0 Å². The number of halogens is 1. The van der Waals surface area contributed by atoms with Crippen LogP contribution in [-0.2, 0) is 6.54 Å². The Hall–Kier alpha value is -2.66. The van der Waals surface area contributed by atoms with Gasteiger partial charge in [-0.25, -0.2) is 4.98 Å². The van der Waals surface area contributed by atoms with Crippen molar-refractivity contribution >= 4 is 29.1 Å². The lowest BCUT2D eigenvalue weighted by Crippen LogP contribution is -2.06. The van der Waals surface area contributed by atoms with Gasteiger partial charge in [-0.1, -0.05) is 17.7 Å². The fourth-order valence-corrected chi connectivity index (χ4v) is 2.19. The quantitative estimate of drug-likeness (QED) is 0.736. The largest absolute Gasteiger partial charge is 0.364 e. The molecule has 2 aromatic heterocycles. The first-order chi connectivity index (χ1) is 11.2. The number of rotatable bonds is 5. The van der Waals surface area contributed by atoms with Gasteiger partial charge in [-0.05, 0) is 43.3 Å². The molecule has 1 aromatic carbocycles. The Morgan fingerprint density at radius 2 is 1.87 bits per heavy atom. The Labute approximate surface area is 139 Å². The standard InChI is InChI=1S/C17H16ClN5/c1-12-10-16(20-11-15-4-2-3-9-19-15)23-17(21-12)22-14-7-5-13(18)6-8-14/h2-10H,11H2,1H3,(H2,20,21,22,23). The number of hydrogen-bond donors (Lipinski definition) is 2. The number of benzene rings is 1. The number of aromatic nitrogens is 3. The van der Waals surface area contributed by atoms with Gasteiger partial charge in [-0.3, -0.25) is 4.98 Å². The van der Waals surface area contributed by atoms with Gasteiger partial charge in [0.15, 0.2) is 0 Å². The second-order valence-electron chi connectivity index (χ2n) is 5.02. The molecule has 0 fully saturated rings. The molecule has 0 saturated carbocycles. The fourth-order valence-electron chi connectivity index (χ4n) is 2.06. The van der Waals surface area contributed by atoms with Gasteiger partial charge in [0.25, 0.3) is 0 Å². The van der Waals surface area contributed by atoms with Crippen molar-refractivity contribution in [3.63, 3.8) is 0 Å². The highest BCUT2D eigenvalue weighted by molar-refractivity contribution is 6.30. The van der Waals surface area contributed by atoms with Crippen LogP contribution in [0.1, 0.15) is 11.4 Å². The first-order valence-electron chi connectivity index (χ1n) is 7.21. The van der Waals surface area contributed by atoms with Crippen LogP contribution in [0, 0.1) is 6.92 Å². The molecule has 0 aliphatic heterocycles. The third kappa shape index (κ3) is 4.40. The molecule has 6 heteroatoms. The molecule has 0 atom stereocenters. The summed E-state index contributed by atoms with van der Waals surface area (Å²) in [5, 5.41) is 7.13. The lowest BCUT2D eigenvalue weighted by atomic mass is 10.3. The van der Waals surface area contributed by atoms with Crippen LogP contribution in [0.25, 0.3) is 0 Å². The molecule has 0 amide bonds. The van der Waals surface area contributed by atoms with Gasteiger partial charge in [0.05, 0.1) is 12.2 Å². The van der Waals surface area contributed by atoms with Crippen molar-refractivity contribution < 1.29 is 0 Å². The molecule has 0 aliphatic carbocycles. The van der Waals surface area contributed by atoms with Gasteiger partial charge < -0.3 is 10.6 Å². The number of aryl methyl sites for hydroxylation is 1. The van der Waals surface area contributed by atoms with Gasteiger partial charge in [0.2, 0.25) is 5.95 Å². The predicted octanol–water partition coefficient (Wildman–Crippen LogP) is 4.19. The van der Waals surface area contributed by atoms with Gasteiger partial charge >= 0.3 is 0 Å². The molecule has 0 bridgehead atoms.